The zero-order valence-electron chi connectivity index (χ0n) is 18.1. The molecule has 1 fully saturated rings. The minimum absolute atomic E-state index is 0.106. The minimum Gasteiger partial charge on any atom is -0.465 e. The fourth-order valence-electron chi connectivity index (χ4n) is 3.47. The lowest BCUT2D eigenvalue weighted by Crippen LogP contribution is -2.38. The summed E-state index contributed by atoms with van der Waals surface area (Å²) in [6.45, 7) is 13.8. The van der Waals surface area contributed by atoms with Gasteiger partial charge in [0.25, 0.3) is 0 Å². The third kappa shape index (κ3) is 8.09. The molecule has 0 spiro atoms. The lowest BCUT2D eigenvalue weighted by atomic mass is 9.97. The molecule has 0 unspecified atom stereocenters. The maximum absolute atomic E-state index is 11.7. The van der Waals surface area contributed by atoms with Crippen molar-refractivity contribution >= 4 is 14.3 Å². The second kappa shape index (κ2) is 11.5. The molecule has 0 N–H and O–H groups in total. The minimum atomic E-state index is -1.49. The van der Waals surface area contributed by atoms with Crippen LogP contribution in [0, 0.1) is 5.41 Å². The highest BCUT2D eigenvalue weighted by Gasteiger charge is 2.32. The summed E-state index contributed by atoms with van der Waals surface area (Å²) in [7, 11) is -1.49. The first kappa shape index (κ1) is 23.6. The smallest absolute Gasteiger partial charge is 0.311 e. The van der Waals surface area contributed by atoms with Crippen molar-refractivity contribution in [2.75, 3.05) is 13.2 Å². The molecule has 1 rings (SSSR count). The van der Waals surface area contributed by atoms with Crippen LogP contribution in [0.5, 0.6) is 0 Å². The van der Waals surface area contributed by atoms with Crippen molar-refractivity contribution in [1.29, 1.82) is 0 Å². The number of ether oxygens (including phenoxy) is 2. The molecule has 0 aliphatic carbocycles. The Morgan fingerprint density at radius 3 is 2.19 bits per heavy atom. The lowest BCUT2D eigenvalue weighted by molar-refractivity contribution is -0.153. The molecule has 5 heteroatoms. The average Bonchev–Trinajstić information content (AvgIpc) is 3.06. The van der Waals surface area contributed by atoms with E-state index in [2.05, 4.69) is 20.8 Å². The molecule has 26 heavy (non-hydrogen) atoms. The molecule has 1 heterocycles. The Morgan fingerprint density at radius 1 is 1.00 bits per heavy atom. The Bertz CT molecular complexity index is 393. The van der Waals surface area contributed by atoms with Crippen molar-refractivity contribution in [3.8, 4) is 0 Å². The highest BCUT2D eigenvalue weighted by Crippen LogP contribution is 2.27. The van der Waals surface area contributed by atoms with E-state index in [1.54, 1.807) is 0 Å². The van der Waals surface area contributed by atoms with Gasteiger partial charge >= 0.3 is 5.97 Å². The van der Waals surface area contributed by atoms with E-state index in [9.17, 15) is 4.79 Å². The molecule has 1 aliphatic rings. The van der Waals surface area contributed by atoms with Gasteiger partial charge in [0.05, 0.1) is 30.8 Å². The maximum atomic E-state index is 11.7. The Labute approximate surface area is 162 Å². The summed E-state index contributed by atoms with van der Waals surface area (Å²) in [5, 5.41) is 0. The number of carbonyl (C=O) groups excluding carboxylic acids is 1. The molecular formula is C21H42O4Si. The number of carbonyl (C=O) groups is 1. The molecule has 1 saturated heterocycles. The molecule has 154 valence electrons. The Balaban J connectivity index is 2.11. The van der Waals surface area contributed by atoms with Crippen LogP contribution in [-0.4, -0.2) is 39.7 Å². The van der Waals surface area contributed by atoms with Crippen LogP contribution < -0.4 is 0 Å². The summed E-state index contributed by atoms with van der Waals surface area (Å²) < 4.78 is 17.9. The van der Waals surface area contributed by atoms with Crippen molar-refractivity contribution < 1.29 is 18.7 Å². The quantitative estimate of drug-likeness (QED) is 0.245. The van der Waals surface area contributed by atoms with E-state index in [4.69, 9.17) is 13.9 Å². The van der Waals surface area contributed by atoms with Gasteiger partial charge in [0.2, 0.25) is 0 Å². The van der Waals surface area contributed by atoms with E-state index in [0.29, 0.717) is 18.8 Å². The molecule has 1 aliphatic heterocycles. The summed E-state index contributed by atoms with van der Waals surface area (Å²) in [4.78, 5) is 11.7. The first-order valence-corrected chi connectivity index (χ1v) is 13.3. The normalized spacial score (nSPS) is 21.2. The predicted octanol–water partition coefficient (Wildman–Crippen LogP) is 5.71. The molecule has 2 atom stereocenters. The summed E-state index contributed by atoms with van der Waals surface area (Å²) in [5.41, 5.74) is -0.400. The number of hydrogen-bond acceptors (Lipinski definition) is 4. The molecule has 0 bridgehead atoms. The Kier molecular flexibility index (Phi) is 10.4. The van der Waals surface area contributed by atoms with Gasteiger partial charge < -0.3 is 13.9 Å². The van der Waals surface area contributed by atoms with Crippen LogP contribution >= 0.6 is 0 Å². The number of unbranched alkanes of at least 4 members (excludes halogenated alkanes) is 2. The van der Waals surface area contributed by atoms with Crippen molar-refractivity contribution in [3.63, 3.8) is 0 Å². The van der Waals surface area contributed by atoms with Crippen molar-refractivity contribution in [1.82, 2.24) is 0 Å². The van der Waals surface area contributed by atoms with Gasteiger partial charge in [-0.15, -0.1) is 0 Å². The van der Waals surface area contributed by atoms with Crippen LogP contribution in [0.1, 0.15) is 80.1 Å². The zero-order chi connectivity index (χ0) is 19.6. The van der Waals surface area contributed by atoms with E-state index >= 15 is 0 Å². The molecule has 0 aromatic carbocycles. The third-order valence-corrected chi connectivity index (χ3v) is 10.4. The molecule has 0 aromatic rings. The van der Waals surface area contributed by atoms with Crippen LogP contribution in [-0.2, 0) is 18.7 Å². The zero-order valence-corrected chi connectivity index (χ0v) is 19.1. The van der Waals surface area contributed by atoms with Gasteiger partial charge in [-0.05, 0) is 71.0 Å². The van der Waals surface area contributed by atoms with Crippen molar-refractivity contribution in [2.24, 2.45) is 5.41 Å². The van der Waals surface area contributed by atoms with Crippen molar-refractivity contribution in [2.45, 2.75) is 110 Å². The highest BCUT2D eigenvalue weighted by atomic mass is 28.4. The monoisotopic (exact) mass is 386 g/mol. The van der Waals surface area contributed by atoms with Gasteiger partial charge in [0, 0.05) is 0 Å². The Morgan fingerprint density at radius 2 is 1.62 bits per heavy atom. The second-order valence-corrected chi connectivity index (χ2v) is 13.5. The molecule has 4 nitrogen and oxygen atoms in total. The molecule has 0 saturated carbocycles. The maximum Gasteiger partial charge on any atom is 0.311 e. The first-order valence-electron chi connectivity index (χ1n) is 10.7. The summed E-state index contributed by atoms with van der Waals surface area (Å²) in [6.07, 6.45) is 7.27. The van der Waals surface area contributed by atoms with E-state index in [0.717, 1.165) is 45.1 Å². The fraction of sp³-hybridized carbons (Fsp3) is 0.952. The summed E-state index contributed by atoms with van der Waals surface area (Å²) in [6, 6.07) is 3.61. The van der Waals surface area contributed by atoms with Crippen LogP contribution in [0.25, 0.3) is 0 Å². The number of hydrogen-bond donors (Lipinski definition) is 0. The van der Waals surface area contributed by atoms with Gasteiger partial charge in [-0.3, -0.25) is 4.79 Å². The average molecular weight is 387 g/mol. The molecule has 0 amide bonds. The largest absolute Gasteiger partial charge is 0.465 e. The van der Waals surface area contributed by atoms with Gasteiger partial charge in [0.1, 0.15) is 0 Å². The topological polar surface area (TPSA) is 44.8 Å². The van der Waals surface area contributed by atoms with E-state index in [-0.39, 0.29) is 5.97 Å². The van der Waals surface area contributed by atoms with Gasteiger partial charge in [0.15, 0.2) is 8.32 Å². The van der Waals surface area contributed by atoms with Crippen molar-refractivity contribution in [3.05, 3.63) is 0 Å². The van der Waals surface area contributed by atoms with Crippen LogP contribution in [0.15, 0.2) is 0 Å². The lowest BCUT2D eigenvalue weighted by Gasteiger charge is -2.29. The van der Waals surface area contributed by atoms with Gasteiger partial charge in [-0.1, -0.05) is 27.2 Å². The standard InChI is InChI=1S/C21H42O4Si/c1-7-26(8-2,9-3)24-17-19-15-14-18(25-19)13-11-10-12-16-23-20(22)21(4,5)6/h18-19H,7-17H2,1-6H3/t18-,19-/m0/s1. The van der Waals surface area contributed by atoms with Crippen LogP contribution in [0.4, 0.5) is 0 Å². The third-order valence-electron chi connectivity index (χ3n) is 5.72. The predicted molar refractivity (Wildman–Crippen MR) is 110 cm³/mol. The SMILES string of the molecule is CC[Si](CC)(CC)OC[C@@H]1CC[C@H](CCCCCOC(=O)C(C)(C)C)O1. The van der Waals surface area contributed by atoms with Crippen LogP contribution in [0.2, 0.25) is 18.1 Å². The van der Waals surface area contributed by atoms with E-state index in [1.165, 1.54) is 18.1 Å². The number of rotatable bonds is 12. The molecular weight excluding hydrogens is 344 g/mol. The molecule has 0 radical (unpaired) electrons. The Hall–Kier alpha value is -0.393. The van der Waals surface area contributed by atoms with Gasteiger partial charge in [-0.2, -0.15) is 0 Å². The van der Waals surface area contributed by atoms with E-state index < -0.39 is 13.7 Å². The second-order valence-electron chi connectivity index (χ2n) is 8.75. The van der Waals surface area contributed by atoms with Gasteiger partial charge in [-0.25, -0.2) is 0 Å². The fourth-order valence-corrected chi connectivity index (χ4v) is 6.12. The highest BCUT2D eigenvalue weighted by molar-refractivity contribution is 6.73. The van der Waals surface area contributed by atoms with E-state index in [1.807, 2.05) is 20.8 Å². The summed E-state index contributed by atoms with van der Waals surface area (Å²) in [5.74, 6) is -0.106. The summed E-state index contributed by atoms with van der Waals surface area (Å²) >= 11 is 0. The number of esters is 1. The first-order chi connectivity index (χ1) is 12.3. The molecule has 0 aromatic heterocycles. The van der Waals surface area contributed by atoms with Crippen LogP contribution in [0.3, 0.4) is 0 Å².